The van der Waals surface area contributed by atoms with E-state index in [9.17, 15) is 8.42 Å². The monoisotopic (exact) mass is 332 g/mol. The zero-order chi connectivity index (χ0) is 15.0. The quantitative estimate of drug-likeness (QED) is 0.834. The largest absolute Gasteiger partial charge is 0.243 e. The first-order valence-corrected chi connectivity index (χ1v) is 8.34. The molecule has 1 aliphatic heterocycles. The summed E-state index contributed by atoms with van der Waals surface area (Å²) in [4.78, 5) is 0.0931. The maximum absolute atomic E-state index is 12.5. The minimum Gasteiger partial charge on any atom is -0.207 e. The van der Waals surface area contributed by atoms with Crippen molar-refractivity contribution in [2.24, 2.45) is 5.41 Å². The molecule has 7 heteroatoms. The Morgan fingerprint density at radius 1 is 1.20 bits per heavy atom. The summed E-state index contributed by atoms with van der Waals surface area (Å²) < 4.78 is 26.4. The van der Waals surface area contributed by atoms with Gasteiger partial charge in [-0.15, -0.1) is 0 Å². The predicted molar refractivity (Wildman–Crippen MR) is 78.2 cm³/mol. The van der Waals surface area contributed by atoms with Gasteiger partial charge in [-0.25, -0.2) is 8.42 Å². The number of rotatable bonds is 2. The van der Waals surface area contributed by atoms with Crippen molar-refractivity contribution in [3.8, 4) is 6.07 Å². The second-order valence-corrected chi connectivity index (χ2v) is 7.99. The Balaban J connectivity index is 2.27. The normalized spacial score (nSPS) is 19.5. The molecule has 1 heterocycles. The first-order valence-electron chi connectivity index (χ1n) is 6.14. The van der Waals surface area contributed by atoms with E-state index in [1.807, 2.05) is 6.92 Å². The van der Waals surface area contributed by atoms with Crippen molar-refractivity contribution in [3.05, 3.63) is 28.2 Å². The number of sulfonamides is 1. The van der Waals surface area contributed by atoms with Gasteiger partial charge in [-0.05, 0) is 38.0 Å². The lowest BCUT2D eigenvalue weighted by Crippen LogP contribution is -2.41. The average molecular weight is 333 g/mol. The van der Waals surface area contributed by atoms with Gasteiger partial charge in [-0.3, -0.25) is 0 Å². The maximum atomic E-state index is 12.5. The third-order valence-corrected chi connectivity index (χ3v) is 5.88. The van der Waals surface area contributed by atoms with E-state index < -0.39 is 15.4 Å². The van der Waals surface area contributed by atoms with Gasteiger partial charge in [0.25, 0.3) is 0 Å². The number of hydrogen-bond acceptors (Lipinski definition) is 3. The highest BCUT2D eigenvalue weighted by atomic mass is 35.5. The molecule has 2 rings (SSSR count). The summed E-state index contributed by atoms with van der Waals surface area (Å²) in [6.07, 6.45) is 1.05. The van der Waals surface area contributed by atoms with Crippen molar-refractivity contribution >= 4 is 33.2 Å². The molecule has 0 amide bonds. The van der Waals surface area contributed by atoms with E-state index in [4.69, 9.17) is 28.5 Å². The molecule has 0 radical (unpaired) electrons. The van der Waals surface area contributed by atoms with E-state index in [0.717, 1.165) is 0 Å². The fourth-order valence-electron chi connectivity index (χ4n) is 2.16. The third-order valence-electron chi connectivity index (χ3n) is 3.57. The molecule has 0 bridgehead atoms. The van der Waals surface area contributed by atoms with Gasteiger partial charge >= 0.3 is 0 Å². The van der Waals surface area contributed by atoms with Gasteiger partial charge in [0.1, 0.15) is 0 Å². The molecule has 0 aliphatic carbocycles. The zero-order valence-electron chi connectivity index (χ0n) is 10.9. The van der Waals surface area contributed by atoms with Crippen LogP contribution in [0.3, 0.4) is 0 Å². The zero-order valence-corrected chi connectivity index (χ0v) is 13.3. The average Bonchev–Trinajstić information content (AvgIpc) is 2.38. The van der Waals surface area contributed by atoms with Gasteiger partial charge < -0.3 is 0 Å². The number of halogens is 2. The van der Waals surface area contributed by atoms with Gasteiger partial charge in [0, 0.05) is 23.1 Å². The van der Waals surface area contributed by atoms with Crippen LogP contribution in [0.5, 0.6) is 0 Å². The molecule has 0 spiro atoms. The molecule has 1 saturated heterocycles. The van der Waals surface area contributed by atoms with Gasteiger partial charge in [0.05, 0.1) is 16.4 Å². The topological polar surface area (TPSA) is 61.2 Å². The Morgan fingerprint density at radius 2 is 1.70 bits per heavy atom. The number of nitriles is 1. The molecule has 20 heavy (non-hydrogen) atoms. The Kier molecular flexibility index (Phi) is 4.31. The lowest BCUT2D eigenvalue weighted by molar-refractivity contribution is 0.232. The van der Waals surface area contributed by atoms with Crippen LogP contribution in [0.25, 0.3) is 0 Å². The van der Waals surface area contributed by atoms with Crippen molar-refractivity contribution in [2.75, 3.05) is 13.1 Å². The lowest BCUT2D eigenvalue weighted by atomic mass is 9.83. The minimum atomic E-state index is -3.61. The molecule has 0 aromatic heterocycles. The van der Waals surface area contributed by atoms with Crippen LogP contribution in [-0.4, -0.2) is 25.8 Å². The van der Waals surface area contributed by atoms with E-state index in [1.54, 1.807) is 0 Å². The van der Waals surface area contributed by atoms with Crippen molar-refractivity contribution < 1.29 is 8.42 Å². The van der Waals surface area contributed by atoms with Crippen molar-refractivity contribution in [3.63, 3.8) is 0 Å². The van der Waals surface area contributed by atoms with Gasteiger partial charge in [0.2, 0.25) is 10.0 Å². The predicted octanol–water partition coefficient (Wildman–Crippen LogP) is 3.31. The summed E-state index contributed by atoms with van der Waals surface area (Å²) >= 11 is 11.7. The molecule has 4 nitrogen and oxygen atoms in total. The Labute approximate surface area is 128 Å². The third kappa shape index (κ3) is 3.09. The van der Waals surface area contributed by atoms with E-state index in [0.29, 0.717) is 25.9 Å². The van der Waals surface area contributed by atoms with Crippen LogP contribution in [-0.2, 0) is 10.0 Å². The maximum Gasteiger partial charge on any atom is 0.243 e. The fraction of sp³-hybridized carbons (Fsp3) is 0.462. The van der Waals surface area contributed by atoms with E-state index >= 15 is 0 Å². The van der Waals surface area contributed by atoms with E-state index in [2.05, 4.69) is 6.07 Å². The highest BCUT2D eigenvalue weighted by Crippen LogP contribution is 2.33. The molecule has 1 aliphatic rings. The number of hydrogen-bond donors (Lipinski definition) is 0. The van der Waals surface area contributed by atoms with Crippen LogP contribution in [0, 0.1) is 16.7 Å². The standard InChI is InChI=1S/C13H14Cl2N2O2S/c1-13(9-16)2-4-17(5-3-13)20(18,19)12-7-10(14)6-11(15)8-12/h6-8H,2-5H2,1H3. The Hall–Kier alpha value is -0.800. The molecular formula is C13H14Cl2N2O2S. The summed E-state index contributed by atoms with van der Waals surface area (Å²) in [7, 11) is -3.61. The SMILES string of the molecule is CC1(C#N)CCN(S(=O)(=O)c2cc(Cl)cc(Cl)c2)CC1. The summed E-state index contributed by atoms with van der Waals surface area (Å²) in [5.74, 6) is 0. The second-order valence-electron chi connectivity index (χ2n) is 5.18. The van der Waals surface area contributed by atoms with Crippen LogP contribution in [0.4, 0.5) is 0 Å². The van der Waals surface area contributed by atoms with Crippen molar-refractivity contribution in [2.45, 2.75) is 24.7 Å². The molecule has 1 fully saturated rings. The number of piperidine rings is 1. The molecule has 0 atom stereocenters. The van der Waals surface area contributed by atoms with Crippen LogP contribution < -0.4 is 0 Å². The molecule has 1 aromatic carbocycles. The van der Waals surface area contributed by atoms with Gasteiger partial charge in [0.15, 0.2) is 0 Å². The summed E-state index contributed by atoms with van der Waals surface area (Å²) in [5, 5.41) is 9.65. The minimum absolute atomic E-state index is 0.0931. The van der Waals surface area contributed by atoms with Crippen LogP contribution in [0.2, 0.25) is 10.0 Å². The van der Waals surface area contributed by atoms with Crippen molar-refractivity contribution in [1.82, 2.24) is 4.31 Å². The van der Waals surface area contributed by atoms with Crippen LogP contribution in [0.1, 0.15) is 19.8 Å². The highest BCUT2D eigenvalue weighted by Gasteiger charge is 2.35. The van der Waals surface area contributed by atoms with Crippen LogP contribution in [0.15, 0.2) is 23.1 Å². The van der Waals surface area contributed by atoms with Gasteiger partial charge in [-0.1, -0.05) is 23.2 Å². The summed E-state index contributed by atoms with van der Waals surface area (Å²) in [6.45, 7) is 2.51. The van der Waals surface area contributed by atoms with Crippen molar-refractivity contribution in [1.29, 1.82) is 5.26 Å². The smallest absolute Gasteiger partial charge is 0.207 e. The first-order chi connectivity index (χ1) is 9.27. The number of benzene rings is 1. The first kappa shape index (κ1) is 15.6. The Bertz CT molecular complexity index is 639. The summed E-state index contributed by atoms with van der Waals surface area (Å²) in [6, 6.07) is 6.52. The molecule has 0 saturated carbocycles. The lowest BCUT2D eigenvalue weighted by Gasteiger charge is -2.34. The molecule has 1 aromatic rings. The molecule has 0 N–H and O–H groups in total. The van der Waals surface area contributed by atoms with E-state index in [-0.39, 0.29) is 14.9 Å². The molecular weight excluding hydrogens is 319 g/mol. The van der Waals surface area contributed by atoms with Crippen LogP contribution >= 0.6 is 23.2 Å². The second kappa shape index (κ2) is 5.53. The van der Waals surface area contributed by atoms with E-state index in [1.165, 1.54) is 22.5 Å². The molecule has 108 valence electrons. The number of nitrogens with zero attached hydrogens (tertiary/aromatic N) is 2. The van der Waals surface area contributed by atoms with Gasteiger partial charge in [-0.2, -0.15) is 9.57 Å². The fourth-order valence-corrected chi connectivity index (χ4v) is 4.33. The summed E-state index contributed by atoms with van der Waals surface area (Å²) in [5.41, 5.74) is -0.446. The molecule has 0 unspecified atom stereocenters. The highest BCUT2D eigenvalue weighted by molar-refractivity contribution is 7.89. The Morgan fingerprint density at radius 3 is 2.15 bits per heavy atom.